The molecule has 0 spiro atoms. The van der Waals surface area contributed by atoms with Crippen molar-refractivity contribution in [2.24, 2.45) is 0 Å². The number of halogens is 2. The molecule has 0 aromatic carbocycles. The predicted molar refractivity (Wildman–Crippen MR) is 63.2 cm³/mol. The number of nitrogens with zero attached hydrogens (tertiary/aromatic N) is 2. The number of rotatable bonds is 4. The van der Waals surface area contributed by atoms with E-state index < -0.39 is 0 Å². The third-order valence-corrected chi connectivity index (χ3v) is 2.26. The van der Waals surface area contributed by atoms with Crippen molar-refractivity contribution in [3.63, 3.8) is 0 Å². The van der Waals surface area contributed by atoms with Gasteiger partial charge in [0.1, 0.15) is 5.02 Å². The molecule has 0 aliphatic rings. The Morgan fingerprint density at radius 3 is 2.93 bits per heavy atom. The van der Waals surface area contributed by atoms with Crippen LogP contribution in [-0.4, -0.2) is 16.0 Å². The van der Waals surface area contributed by atoms with Crippen LogP contribution in [0.5, 0.6) is 0 Å². The Hall–Kier alpha value is -0.980. The molecule has 1 atom stereocenters. The Bertz CT molecular complexity index is 373. The van der Waals surface area contributed by atoms with Crippen LogP contribution in [0.2, 0.25) is 10.3 Å². The van der Waals surface area contributed by atoms with Gasteiger partial charge in [0.2, 0.25) is 5.28 Å². The fraction of sp³-hybridized carbons (Fsp3) is 0.400. The highest BCUT2D eigenvalue weighted by molar-refractivity contribution is 6.33. The van der Waals surface area contributed by atoms with Crippen molar-refractivity contribution >= 4 is 29.0 Å². The van der Waals surface area contributed by atoms with E-state index in [1.54, 1.807) is 0 Å². The second-order valence-electron chi connectivity index (χ2n) is 2.99. The van der Waals surface area contributed by atoms with Crippen LogP contribution in [0.1, 0.15) is 19.8 Å². The third kappa shape index (κ3) is 3.58. The van der Waals surface area contributed by atoms with Gasteiger partial charge in [0.15, 0.2) is 5.82 Å². The van der Waals surface area contributed by atoms with Crippen molar-refractivity contribution in [3.8, 4) is 12.3 Å². The first kappa shape index (κ1) is 12.1. The van der Waals surface area contributed by atoms with E-state index in [9.17, 15) is 0 Å². The zero-order valence-electron chi connectivity index (χ0n) is 8.30. The Morgan fingerprint density at radius 1 is 1.60 bits per heavy atom. The minimum Gasteiger partial charge on any atom is -0.355 e. The fourth-order valence-corrected chi connectivity index (χ4v) is 1.38. The van der Waals surface area contributed by atoms with Crippen LogP contribution >= 0.6 is 23.2 Å². The molecule has 0 bridgehead atoms. The van der Waals surface area contributed by atoms with Crippen LogP contribution in [0.4, 0.5) is 5.82 Å². The normalized spacial score (nSPS) is 11.9. The molecule has 1 rings (SSSR count). The van der Waals surface area contributed by atoms with E-state index in [0.717, 1.165) is 12.8 Å². The van der Waals surface area contributed by atoms with Gasteiger partial charge in [-0.05, 0) is 18.0 Å². The van der Waals surface area contributed by atoms with E-state index in [-0.39, 0.29) is 11.3 Å². The van der Waals surface area contributed by atoms with Crippen molar-refractivity contribution in [3.05, 3.63) is 16.5 Å². The smallest absolute Gasteiger partial charge is 0.224 e. The highest BCUT2D eigenvalue weighted by Crippen LogP contribution is 2.20. The lowest BCUT2D eigenvalue weighted by Crippen LogP contribution is -2.18. The van der Waals surface area contributed by atoms with E-state index in [1.165, 1.54) is 6.20 Å². The lowest BCUT2D eigenvalue weighted by Gasteiger charge is -2.13. The van der Waals surface area contributed by atoms with E-state index >= 15 is 0 Å². The molecule has 5 heteroatoms. The lowest BCUT2D eigenvalue weighted by molar-refractivity contribution is 0.752. The molecule has 0 fully saturated rings. The van der Waals surface area contributed by atoms with Crippen molar-refractivity contribution in [1.82, 2.24) is 9.97 Å². The summed E-state index contributed by atoms with van der Waals surface area (Å²) >= 11 is 11.5. The molecule has 15 heavy (non-hydrogen) atoms. The van der Waals surface area contributed by atoms with Crippen LogP contribution < -0.4 is 5.32 Å². The highest BCUT2D eigenvalue weighted by atomic mass is 35.5. The first-order valence-corrected chi connectivity index (χ1v) is 5.33. The summed E-state index contributed by atoms with van der Waals surface area (Å²) in [5, 5.41) is 3.60. The minimum atomic E-state index is -0.0848. The van der Waals surface area contributed by atoms with Crippen LogP contribution in [0.25, 0.3) is 0 Å². The molecular weight excluding hydrogens is 233 g/mol. The van der Waals surface area contributed by atoms with Gasteiger partial charge in [0, 0.05) is 0 Å². The molecule has 80 valence electrons. The standard InChI is InChI=1S/C10H11Cl2N3/c1-3-5-7(4-2)14-9-8(11)6-13-10(12)15-9/h2,6-7H,3,5H2,1H3,(H,13,14,15). The largest absolute Gasteiger partial charge is 0.355 e. The maximum atomic E-state index is 5.88. The summed E-state index contributed by atoms with van der Waals surface area (Å²) in [6.07, 6.45) is 8.65. The molecule has 0 saturated heterocycles. The summed E-state index contributed by atoms with van der Waals surface area (Å²) in [4.78, 5) is 7.71. The highest BCUT2D eigenvalue weighted by Gasteiger charge is 2.08. The lowest BCUT2D eigenvalue weighted by atomic mass is 10.2. The van der Waals surface area contributed by atoms with Crippen molar-refractivity contribution in [2.75, 3.05) is 5.32 Å². The topological polar surface area (TPSA) is 37.8 Å². The maximum Gasteiger partial charge on any atom is 0.224 e. The molecule has 1 unspecified atom stereocenters. The zero-order valence-corrected chi connectivity index (χ0v) is 9.81. The molecule has 1 heterocycles. The number of nitrogens with one attached hydrogen (secondary N) is 1. The summed E-state index contributed by atoms with van der Waals surface area (Å²) in [6.45, 7) is 2.06. The van der Waals surface area contributed by atoms with Gasteiger partial charge in [-0.15, -0.1) is 6.42 Å². The monoisotopic (exact) mass is 243 g/mol. The molecule has 1 aromatic heterocycles. The summed E-state index contributed by atoms with van der Waals surface area (Å²) in [5.41, 5.74) is 0. The number of hydrogen-bond donors (Lipinski definition) is 1. The van der Waals surface area contributed by atoms with Gasteiger partial charge in [-0.2, -0.15) is 4.98 Å². The van der Waals surface area contributed by atoms with E-state index in [1.807, 2.05) is 0 Å². The Labute approximate surface area is 99.2 Å². The summed E-state index contributed by atoms with van der Waals surface area (Å²) in [6, 6.07) is -0.0848. The van der Waals surface area contributed by atoms with Gasteiger partial charge in [-0.3, -0.25) is 0 Å². The van der Waals surface area contributed by atoms with Crippen molar-refractivity contribution in [2.45, 2.75) is 25.8 Å². The van der Waals surface area contributed by atoms with E-state index in [4.69, 9.17) is 29.6 Å². The molecule has 1 aromatic rings. The van der Waals surface area contributed by atoms with Gasteiger partial charge < -0.3 is 5.32 Å². The second kappa shape index (κ2) is 5.79. The average Bonchev–Trinajstić information content (AvgIpc) is 2.22. The van der Waals surface area contributed by atoms with Gasteiger partial charge in [0.25, 0.3) is 0 Å². The second-order valence-corrected chi connectivity index (χ2v) is 3.73. The quantitative estimate of drug-likeness (QED) is 0.653. The average molecular weight is 244 g/mol. The first-order valence-electron chi connectivity index (χ1n) is 4.58. The Kier molecular flexibility index (Phi) is 4.67. The maximum absolute atomic E-state index is 5.88. The predicted octanol–water partition coefficient (Wildman–Crippen LogP) is 3.00. The number of anilines is 1. The fourth-order valence-electron chi connectivity index (χ4n) is 1.10. The number of hydrogen-bond acceptors (Lipinski definition) is 3. The molecule has 0 saturated carbocycles. The van der Waals surface area contributed by atoms with Gasteiger partial charge in [0.05, 0.1) is 12.2 Å². The molecule has 3 nitrogen and oxygen atoms in total. The third-order valence-electron chi connectivity index (χ3n) is 1.80. The SMILES string of the molecule is C#CC(CCC)Nc1nc(Cl)ncc1Cl. The number of aromatic nitrogens is 2. The van der Waals surface area contributed by atoms with E-state index in [2.05, 4.69) is 28.1 Å². The summed E-state index contributed by atoms with van der Waals surface area (Å²) in [5.74, 6) is 3.10. The minimum absolute atomic E-state index is 0.0848. The van der Waals surface area contributed by atoms with Gasteiger partial charge in [-0.1, -0.05) is 30.9 Å². The molecule has 1 N–H and O–H groups in total. The molecule has 0 aliphatic carbocycles. The van der Waals surface area contributed by atoms with Crippen molar-refractivity contribution in [1.29, 1.82) is 0 Å². The number of terminal acetylenes is 1. The molecule has 0 aliphatic heterocycles. The summed E-state index contributed by atoms with van der Waals surface area (Å²) < 4.78 is 0. The van der Waals surface area contributed by atoms with Crippen molar-refractivity contribution < 1.29 is 0 Å². The van der Waals surface area contributed by atoms with Gasteiger partial charge >= 0.3 is 0 Å². The zero-order chi connectivity index (χ0) is 11.3. The molecule has 0 radical (unpaired) electrons. The van der Waals surface area contributed by atoms with E-state index in [0.29, 0.717) is 10.8 Å². The van der Waals surface area contributed by atoms with Crippen LogP contribution in [0.3, 0.4) is 0 Å². The Balaban J connectivity index is 2.79. The van der Waals surface area contributed by atoms with Crippen LogP contribution in [0, 0.1) is 12.3 Å². The first-order chi connectivity index (χ1) is 7.17. The van der Waals surface area contributed by atoms with Crippen LogP contribution in [0.15, 0.2) is 6.20 Å². The van der Waals surface area contributed by atoms with Crippen LogP contribution in [-0.2, 0) is 0 Å². The Morgan fingerprint density at radius 2 is 2.33 bits per heavy atom. The van der Waals surface area contributed by atoms with Gasteiger partial charge in [-0.25, -0.2) is 4.98 Å². The molecule has 0 amide bonds. The summed E-state index contributed by atoms with van der Waals surface area (Å²) in [7, 11) is 0. The molecular formula is C10H11Cl2N3.